The Bertz CT molecular complexity index is 830. The van der Waals surface area contributed by atoms with Gasteiger partial charge in [0, 0.05) is 43.2 Å². The summed E-state index contributed by atoms with van der Waals surface area (Å²) in [6.07, 6.45) is 4.58. The zero-order valence-electron chi connectivity index (χ0n) is 17.7. The Kier molecular flexibility index (Phi) is 7.23. The van der Waals surface area contributed by atoms with Gasteiger partial charge in [0.15, 0.2) is 5.96 Å². The van der Waals surface area contributed by atoms with Crippen LogP contribution in [0.3, 0.4) is 0 Å². The molecule has 0 bridgehead atoms. The van der Waals surface area contributed by atoms with Crippen molar-refractivity contribution in [3.8, 4) is 11.4 Å². The minimum Gasteiger partial charge on any atom is -0.357 e. The Morgan fingerprint density at radius 2 is 2.03 bits per heavy atom. The Balaban J connectivity index is 1.30. The molecule has 8 heteroatoms. The molecule has 2 fully saturated rings. The molecule has 1 aromatic carbocycles. The maximum Gasteiger partial charge on any atom is 0.228 e. The lowest BCUT2D eigenvalue weighted by Crippen LogP contribution is -2.41. The fourth-order valence-electron chi connectivity index (χ4n) is 4.26. The van der Waals surface area contributed by atoms with Gasteiger partial charge in [0.2, 0.25) is 11.7 Å². The van der Waals surface area contributed by atoms with Crippen molar-refractivity contribution in [2.75, 3.05) is 45.8 Å². The van der Waals surface area contributed by atoms with E-state index in [-0.39, 0.29) is 0 Å². The Morgan fingerprint density at radius 1 is 1.23 bits per heavy atom. The Morgan fingerprint density at radius 3 is 2.80 bits per heavy atom. The van der Waals surface area contributed by atoms with Gasteiger partial charge in [-0.05, 0) is 69.5 Å². The number of guanidine groups is 1. The Labute approximate surface area is 183 Å². The fraction of sp³-hybridized carbons (Fsp3) is 0.591. The SMILES string of the molecule is CCNC(=NCCc1nc(-c2ccc(Cl)cc2)no1)N1CCC(CN2CCCC2)C1. The van der Waals surface area contributed by atoms with Crippen molar-refractivity contribution < 1.29 is 4.52 Å². The molecular weight excluding hydrogens is 400 g/mol. The molecule has 0 radical (unpaired) electrons. The first-order chi connectivity index (χ1) is 14.7. The van der Waals surface area contributed by atoms with E-state index in [1.807, 2.05) is 24.3 Å². The monoisotopic (exact) mass is 430 g/mol. The van der Waals surface area contributed by atoms with Crippen LogP contribution in [0.2, 0.25) is 5.02 Å². The van der Waals surface area contributed by atoms with Crippen LogP contribution in [0.25, 0.3) is 11.4 Å². The second kappa shape index (κ2) is 10.3. The highest BCUT2D eigenvalue weighted by Crippen LogP contribution is 2.21. The van der Waals surface area contributed by atoms with Crippen molar-refractivity contribution in [2.45, 2.75) is 32.6 Å². The van der Waals surface area contributed by atoms with E-state index in [2.05, 4.69) is 32.2 Å². The van der Waals surface area contributed by atoms with E-state index in [9.17, 15) is 0 Å². The highest BCUT2D eigenvalue weighted by atomic mass is 35.5. The number of likely N-dealkylation sites (tertiary alicyclic amines) is 2. The molecule has 2 aliphatic rings. The summed E-state index contributed by atoms with van der Waals surface area (Å²) in [4.78, 5) is 14.3. The molecule has 30 heavy (non-hydrogen) atoms. The molecule has 0 spiro atoms. The van der Waals surface area contributed by atoms with Crippen molar-refractivity contribution in [1.29, 1.82) is 0 Å². The molecule has 1 N–H and O–H groups in total. The first-order valence-corrected chi connectivity index (χ1v) is 11.4. The summed E-state index contributed by atoms with van der Waals surface area (Å²) in [5.74, 6) is 2.93. The molecule has 0 saturated carbocycles. The van der Waals surface area contributed by atoms with Gasteiger partial charge in [0.1, 0.15) is 0 Å². The number of nitrogens with one attached hydrogen (secondary N) is 1. The average molecular weight is 431 g/mol. The molecular formula is C22H31ClN6O. The largest absolute Gasteiger partial charge is 0.357 e. The molecule has 3 heterocycles. The lowest BCUT2D eigenvalue weighted by molar-refractivity contribution is 0.281. The van der Waals surface area contributed by atoms with E-state index in [1.165, 1.54) is 38.9 Å². The number of benzene rings is 1. The van der Waals surface area contributed by atoms with E-state index >= 15 is 0 Å². The minimum atomic E-state index is 0.585. The van der Waals surface area contributed by atoms with Crippen LogP contribution < -0.4 is 5.32 Å². The predicted molar refractivity (Wildman–Crippen MR) is 120 cm³/mol. The number of rotatable bonds is 7. The molecule has 0 aliphatic carbocycles. The van der Waals surface area contributed by atoms with Crippen molar-refractivity contribution in [2.24, 2.45) is 10.9 Å². The normalized spacial score (nSPS) is 20.3. The van der Waals surface area contributed by atoms with Crippen LogP contribution in [0, 0.1) is 5.92 Å². The molecule has 7 nitrogen and oxygen atoms in total. The zero-order valence-corrected chi connectivity index (χ0v) is 18.4. The number of aliphatic imine (C=N–C) groups is 1. The molecule has 0 amide bonds. The van der Waals surface area contributed by atoms with Gasteiger partial charge in [0.25, 0.3) is 0 Å². The molecule has 1 unspecified atom stereocenters. The van der Waals surface area contributed by atoms with E-state index in [4.69, 9.17) is 21.1 Å². The molecule has 4 rings (SSSR count). The third-order valence-electron chi connectivity index (χ3n) is 5.79. The second-order valence-corrected chi connectivity index (χ2v) is 8.55. The van der Waals surface area contributed by atoms with Crippen molar-refractivity contribution in [1.82, 2.24) is 25.3 Å². The van der Waals surface area contributed by atoms with E-state index in [0.717, 1.165) is 37.1 Å². The maximum absolute atomic E-state index is 5.94. The van der Waals surface area contributed by atoms with Gasteiger partial charge in [-0.1, -0.05) is 16.8 Å². The number of aromatic nitrogens is 2. The van der Waals surface area contributed by atoms with Crippen molar-refractivity contribution in [3.63, 3.8) is 0 Å². The number of hydrogen-bond donors (Lipinski definition) is 1. The summed E-state index contributed by atoms with van der Waals surface area (Å²) in [5.41, 5.74) is 0.896. The van der Waals surface area contributed by atoms with Crippen LogP contribution in [0.15, 0.2) is 33.8 Å². The third kappa shape index (κ3) is 5.52. The van der Waals surface area contributed by atoms with Gasteiger partial charge in [-0.15, -0.1) is 0 Å². The molecule has 1 atom stereocenters. The van der Waals surface area contributed by atoms with Gasteiger partial charge < -0.3 is 19.6 Å². The predicted octanol–water partition coefficient (Wildman–Crippen LogP) is 3.32. The van der Waals surface area contributed by atoms with Crippen molar-refractivity contribution >= 4 is 17.6 Å². The number of halogens is 1. The van der Waals surface area contributed by atoms with Crippen LogP contribution in [0.4, 0.5) is 0 Å². The van der Waals surface area contributed by atoms with Gasteiger partial charge in [-0.25, -0.2) is 0 Å². The van der Waals surface area contributed by atoms with Crippen LogP contribution in [-0.2, 0) is 6.42 Å². The highest BCUT2D eigenvalue weighted by Gasteiger charge is 2.27. The zero-order chi connectivity index (χ0) is 20.8. The van der Waals surface area contributed by atoms with Gasteiger partial charge in [-0.3, -0.25) is 4.99 Å². The van der Waals surface area contributed by atoms with Gasteiger partial charge >= 0.3 is 0 Å². The molecule has 2 aliphatic heterocycles. The highest BCUT2D eigenvalue weighted by molar-refractivity contribution is 6.30. The average Bonchev–Trinajstić information content (AvgIpc) is 3.51. The third-order valence-corrected chi connectivity index (χ3v) is 6.05. The summed E-state index contributed by atoms with van der Waals surface area (Å²) < 4.78 is 5.41. The van der Waals surface area contributed by atoms with E-state index < -0.39 is 0 Å². The topological polar surface area (TPSA) is 69.8 Å². The molecule has 2 saturated heterocycles. The first kappa shape index (κ1) is 21.1. The number of nitrogens with zero attached hydrogens (tertiary/aromatic N) is 5. The molecule has 1 aromatic heterocycles. The van der Waals surface area contributed by atoms with Gasteiger partial charge in [-0.2, -0.15) is 4.98 Å². The van der Waals surface area contributed by atoms with Gasteiger partial charge in [0.05, 0.1) is 6.54 Å². The van der Waals surface area contributed by atoms with Crippen LogP contribution in [0.1, 0.15) is 32.1 Å². The first-order valence-electron chi connectivity index (χ1n) is 11.1. The quantitative estimate of drug-likeness (QED) is 0.536. The van der Waals surface area contributed by atoms with Crippen LogP contribution in [0.5, 0.6) is 0 Å². The second-order valence-electron chi connectivity index (χ2n) is 8.11. The summed E-state index contributed by atoms with van der Waals surface area (Å²) in [6.45, 7) is 9.54. The standard InChI is InChI=1S/C22H31ClN6O/c1-2-24-22(29-14-10-17(16-29)15-28-12-3-4-13-28)25-11-9-20-26-21(27-30-20)18-5-7-19(23)8-6-18/h5-8,17H,2-4,9-16H2,1H3,(H,24,25). The van der Waals surface area contributed by atoms with Crippen molar-refractivity contribution in [3.05, 3.63) is 35.2 Å². The van der Waals surface area contributed by atoms with E-state index in [0.29, 0.717) is 29.7 Å². The maximum atomic E-state index is 5.94. The van der Waals surface area contributed by atoms with E-state index in [1.54, 1.807) is 0 Å². The smallest absolute Gasteiger partial charge is 0.228 e. The summed E-state index contributed by atoms with van der Waals surface area (Å²) in [7, 11) is 0. The fourth-order valence-corrected chi connectivity index (χ4v) is 4.39. The van der Waals surface area contributed by atoms with Crippen LogP contribution in [-0.4, -0.2) is 71.7 Å². The minimum absolute atomic E-state index is 0.585. The summed E-state index contributed by atoms with van der Waals surface area (Å²) >= 11 is 5.94. The molecule has 2 aromatic rings. The summed E-state index contributed by atoms with van der Waals surface area (Å²) in [5, 5.41) is 8.21. The lowest BCUT2D eigenvalue weighted by Gasteiger charge is -2.23. The lowest BCUT2D eigenvalue weighted by atomic mass is 10.1. The van der Waals surface area contributed by atoms with Crippen LogP contribution >= 0.6 is 11.6 Å². The Hall–Kier alpha value is -2.12. The molecule has 162 valence electrons. The number of hydrogen-bond acceptors (Lipinski definition) is 5. The summed E-state index contributed by atoms with van der Waals surface area (Å²) in [6, 6.07) is 7.44.